The lowest BCUT2D eigenvalue weighted by atomic mass is 10.1. The summed E-state index contributed by atoms with van der Waals surface area (Å²) in [5, 5.41) is 1.55. The van der Waals surface area contributed by atoms with Gasteiger partial charge in [-0.3, -0.25) is 0 Å². The summed E-state index contributed by atoms with van der Waals surface area (Å²) in [5.74, 6) is 0.728. The molecule has 0 bridgehead atoms. The predicted molar refractivity (Wildman–Crippen MR) is 122 cm³/mol. The average Bonchev–Trinajstić information content (AvgIpc) is 2.69. The van der Waals surface area contributed by atoms with Gasteiger partial charge in [0, 0.05) is 31.6 Å². The van der Waals surface area contributed by atoms with Crippen molar-refractivity contribution in [3.63, 3.8) is 0 Å². The molecule has 164 valence electrons. The van der Waals surface area contributed by atoms with Gasteiger partial charge in [0.05, 0.1) is 14.9 Å². The first-order chi connectivity index (χ1) is 14.5. The highest BCUT2D eigenvalue weighted by molar-refractivity contribution is 9.10. The lowest BCUT2D eigenvalue weighted by molar-refractivity contribution is 0.0240. The number of aromatic nitrogens is 3. The molecule has 1 aliphatic rings. The molecule has 0 spiro atoms. The van der Waals surface area contributed by atoms with Gasteiger partial charge in [-0.05, 0) is 55.8 Å². The topological polar surface area (TPSA) is 71.5 Å². The Morgan fingerprint density at radius 3 is 2.48 bits per heavy atom. The van der Waals surface area contributed by atoms with Crippen molar-refractivity contribution in [1.29, 1.82) is 0 Å². The van der Waals surface area contributed by atoms with Crippen LogP contribution in [-0.2, 0) is 4.74 Å². The van der Waals surface area contributed by atoms with Crippen LogP contribution in [0.5, 0.6) is 0 Å². The van der Waals surface area contributed by atoms with Crippen molar-refractivity contribution in [2.45, 2.75) is 33.3 Å². The van der Waals surface area contributed by atoms with Gasteiger partial charge in [0.2, 0.25) is 0 Å². The fraction of sp³-hybridized carbons (Fsp3) is 0.429. The number of hydrogen-bond acceptors (Lipinski definition) is 6. The minimum atomic E-state index is -0.535. The third-order valence-electron chi connectivity index (χ3n) is 4.93. The van der Waals surface area contributed by atoms with Gasteiger partial charge in [0.15, 0.2) is 11.5 Å². The van der Waals surface area contributed by atoms with Crippen molar-refractivity contribution in [1.82, 2.24) is 19.9 Å². The number of halogens is 3. The number of carbonyl (C=O) groups is 1. The van der Waals surface area contributed by atoms with Gasteiger partial charge in [-0.15, -0.1) is 0 Å². The van der Waals surface area contributed by atoms with Crippen LogP contribution in [0.4, 0.5) is 15.0 Å². The number of pyridine rings is 1. The van der Waals surface area contributed by atoms with Crippen LogP contribution in [0.1, 0.15) is 26.6 Å². The number of carbonyl (C=O) groups excluding carboxylic acids is 1. The van der Waals surface area contributed by atoms with Gasteiger partial charge in [-0.25, -0.2) is 24.1 Å². The number of ether oxygens (including phenoxy) is 1. The number of amides is 1. The van der Waals surface area contributed by atoms with Gasteiger partial charge in [0.1, 0.15) is 22.8 Å². The van der Waals surface area contributed by atoms with Crippen LogP contribution >= 0.6 is 27.5 Å². The Kier molecular flexibility index (Phi) is 5.68. The van der Waals surface area contributed by atoms with Crippen molar-refractivity contribution in [3.05, 3.63) is 33.3 Å². The van der Waals surface area contributed by atoms with E-state index in [1.165, 1.54) is 0 Å². The number of aryl methyl sites for hydroxylation is 1. The summed E-state index contributed by atoms with van der Waals surface area (Å²) >= 11 is 9.30. The summed E-state index contributed by atoms with van der Waals surface area (Å²) in [6.45, 7) is 9.50. The van der Waals surface area contributed by atoms with Gasteiger partial charge in [-0.1, -0.05) is 11.6 Å². The number of piperazine rings is 1. The molecule has 1 saturated heterocycles. The standard InChI is InChI=1S/C21H22BrClFN5O2/c1-11-25-18-13(9-12-10-14(23)15(22)16(24)17(12)27-18)19(26-11)28-5-7-29(8-6-28)20(30)31-21(2,3)4/h9-10H,5-8H2,1-4H3. The van der Waals surface area contributed by atoms with E-state index in [1.807, 2.05) is 26.8 Å². The Balaban J connectivity index is 1.68. The molecule has 1 aliphatic heterocycles. The van der Waals surface area contributed by atoms with Crippen molar-refractivity contribution in [3.8, 4) is 0 Å². The molecule has 4 rings (SSSR count). The van der Waals surface area contributed by atoms with Gasteiger partial charge in [-0.2, -0.15) is 0 Å². The fourth-order valence-corrected chi connectivity index (χ4v) is 4.03. The summed E-state index contributed by atoms with van der Waals surface area (Å²) in [6, 6.07) is 3.48. The highest BCUT2D eigenvalue weighted by Gasteiger charge is 2.27. The molecule has 1 fully saturated rings. The maximum atomic E-state index is 14.7. The maximum Gasteiger partial charge on any atom is 0.410 e. The number of nitrogens with zero attached hydrogens (tertiary/aromatic N) is 5. The highest BCUT2D eigenvalue weighted by Crippen LogP contribution is 2.34. The highest BCUT2D eigenvalue weighted by atomic mass is 79.9. The third kappa shape index (κ3) is 4.39. The molecule has 0 saturated carbocycles. The summed E-state index contributed by atoms with van der Waals surface area (Å²) < 4.78 is 20.3. The molecule has 0 N–H and O–H groups in total. The van der Waals surface area contributed by atoms with E-state index in [-0.39, 0.29) is 21.1 Å². The molecule has 1 amide bonds. The van der Waals surface area contributed by atoms with E-state index >= 15 is 0 Å². The second kappa shape index (κ2) is 8.02. The zero-order valence-electron chi connectivity index (χ0n) is 17.7. The smallest absolute Gasteiger partial charge is 0.410 e. The zero-order chi connectivity index (χ0) is 22.5. The summed E-state index contributed by atoms with van der Waals surface area (Å²) in [5.41, 5.74) is 0.0761. The number of fused-ring (bicyclic) bond motifs is 2. The zero-order valence-corrected chi connectivity index (χ0v) is 20.0. The molecule has 1 aromatic carbocycles. The van der Waals surface area contributed by atoms with Crippen LogP contribution in [-0.4, -0.2) is 57.7 Å². The molecule has 0 radical (unpaired) electrons. The van der Waals surface area contributed by atoms with E-state index < -0.39 is 11.4 Å². The predicted octanol–water partition coefficient (Wildman–Crippen LogP) is 5.10. The molecule has 0 unspecified atom stereocenters. The first-order valence-corrected chi connectivity index (χ1v) is 11.1. The van der Waals surface area contributed by atoms with E-state index in [0.29, 0.717) is 54.2 Å². The minimum absolute atomic E-state index is 0.179. The molecule has 2 aromatic heterocycles. The second-order valence-corrected chi connectivity index (χ2v) is 9.67. The summed E-state index contributed by atoms with van der Waals surface area (Å²) in [6.07, 6.45) is -0.320. The molecule has 3 aromatic rings. The number of rotatable bonds is 1. The van der Waals surface area contributed by atoms with Gasteiger partial charge < -0.3 is 14.5 Å². The van der Waals surface area contributed by atoms with E-state index in [4.69, 9.17) is 16.3 Å². The lowest BCUT2D eigenvalue weighted by Crippen LogP contribution is -2.50. The van der Waals surface area contributed by atoms with E-state index in [2.05, 4.69) is 35.8 Å². The third-order valence-corrected chi connectivity index (χ3v) is 6.23. The van der Waals surface area contributed by atoms with E-state index in [1.54, 1.807) is 17.9 Å². The van der Waals surface area contributed by atoms with Gasteiger partial charge in [0.25, 0.3) is 0 Å². The van der Waals surface area contributed by atoms with E-state index in [9.17, 15) is 9.18 Å². The fourth-order valence-electron chi connectivity index (χ4n) is 3.52. The maximum absolute atomic E-state index is 14.7. The molecule has 0 aliphatic carbocycles. The SMILES string of the molecule is Cc1nc(N2CCN(C(=O)OC(C)(C)C)CC2)c2cc3cc(Cl)c(Br)c(F)c3nc2n1. The largest absolute Gasteiger partial charge is 0.444 e. The number of hydrogen-bond donors (Lipinski definition) is 0. The molecule has 7 nitrogen and oxygen atoms in total. The number of anilines is 1. The minimum Gasteiger partial charge on any atom is -0.444 e. The van der Waals surface area contributed by atoms with Crippen LogP contribution in [0.2, 0.25) is 5.02 Å². The van der Waals surface area contributed by atoms with Crippen molar-refractivity contribution in [2.75, 3.05) is 31.1 Å². The number of benzene rings is 1. The quantitative estimate of drug-likeness (QED) is 0.335. The van der Waals surface area contributed by atoms with Gasteiger partial charge >= 0.3 is 6.09 Å². The molecule has 10 heteroatoms. The Morgan fingerprint density at radius 2 is 1.84 bits per heavy atom. The van der Waals surface area contributed by atoms with Crippen LogP contribution in [0.15, 0.2) is 16.6 Å². The van der Waals surface area contributed by atoms with Crippen molar-refractivity contribution >= 4 is 61.4 Å². The van der Waals surface area contributed by atoms with E-state index in [0.717, 1.165) is 0 Å². The van der Waals surface area contributed by atoms with Crippen LogP contribution in [0.25, 0.3) is 21.9 Å². The Bertz CT molecular complexity index is 1190. The normalized spacial score (nSPS) is 15.1. The first kappa shape index (κ1) is 22.0. The second-order valence-electron chi connectivity index (χ2n) is 8.47. The first-order valence-electron chi connectivity index (χ1n) is 9.89. The molecule has 31 heavy (non-hydrogen) atoms. The van der Waals surface area contributed by atoms with Crippen LogP contribution < -0.4 is 4.90 Å². The average molecular weight is 511 g/mol. The lowest BCUT2D eigenvalue weighted by Gasteiger charge is -2.36. The van der Waals surface area contributed by atoms with Crippen LogP contribution in [0, 0.1) is 12.7 Å². The monoisotopic (exact) mass is 509 g/mol. The Labute approximate surface area is 192 Å². The Hall–Kier alpha value is -2.26. The molecular weight excluding hydrogens is 489 g/mol. The Morgan fingerprint density at radius 1 is 1.16 bits per heavy atom. The van der Waals surface area contributed by atoms with Crippen molar-refractivity contribution in [2.24, 2.45) is 0 Å². The van der Waals surface area contributed by atoms with Crippen LogP contribution in [0.3, 0.4) is 0 Å². The summed E-state index contributed by atoms with van der Waals surface area (Å²) in [7, 11) is 0. The summed E-state index contributed by atoms with van der Waals surface area (Å²) in [4.78, 5) is 29.6. The molecule has 3 heterocycles. The molecule has 0 atom stereocenters. The van der Waals surface area contributed by atoms with Crippen molar-refractivity contribution < 1.29 is 13.9 Å². The molecular formula is C21H22BrClFN5O2.